The molecule has 0 fully saturated rings. The Kier molecular flexibility index (Phi) is 3.04. The van der Waals surface area contributed by atoms with E-state index in [1.807, 2.05) is 6.07 Å². The maximum absolute atomic E-state index is 5.50. The number of fused-ring (bicyclic) bond motifs is 2. The fourth-order valence-electron chi connectivity index (χ4n) is 2.57. The standard InChI is InChI=1S/C17H13BrNO2/c18-16-14(5-6-15-17(16)21-11-20-15)10-19-8-7-12-3-1-2-4-13(12)9-19/h1-9H,10-11H2/q+1. The van der Waals surface area contributed by atoms with Crippen molar-refractivity contribution in [2.45, 2.75) is 6.54 Å². The summed E-state index contributed by atoms with van der Waals surface area (Å²) in [5, 5.41) is 2.48. The Morgan fingerprint density at radius 3 is 2.76 bits per heavy atom. The molecule has 1 aliphatic rings. The van der Waals surface area contributed by atoms with E-state index in [0.717, 1.165) is 22.5 Å². The molecule has 1 aromatic heterocycles. The zero-order valence-electron chi connectivity index (χ0n) is 11.3. The lowest BCUT2D eigenvalue weighted by Gasteiger charge is -2.05. The van der Waals surface area contributed by atoms with Gasteiger partial charge in [0.2, 0.25) is 6.79 Å². The summed E-state index contributed by atoms with van der Waals surface area (Å²) in [6.45, 7) is 1.07. The molecular formula is C17H13BrNO2+. The number of nitrogens with zero attached hydrogens (tertiary/aromatic N) is 1. The Hall–Kier alpha value is -2.07. The van der Waals surface area contributed by atoms with Gasteiger partial charge in [0.15, 0.2) is 30.4 Å². The molecule has 0 amide bonds. The molecule has 4 heteroatoms. The Morgan fingerprint density at radius 2 is 1.86 bits per heavy atom. The summed E-state index contributed by atoms with van der Waals surface area (Å²) in [6.07, 6.45) is 4.26. The molecule has 0 atom stereocenters. The predicted octanol–water partition coefficient (Wildman–Crippen LogP) is 3.67. The molecule has 0 spiro atoms. The van der Waals surface area contributed by atoms with Gasteiger partial charge in [-0.05, 0) is 39.5 Å². The third-order valence-corrected chi connectivity index (χ3v) is 4.53. The minimum Gasteiger partial charge on any atom is -0.454 e. The second kappa shape index (κ2) is 5.04. The van der Waals surface area contributed by atoms with Crippen LogP contribution in [-0.4, -0.2) is 6.79 Å². The van der Waals surface area contributed by atoms with Crippen molar-refractivity contribution in [3.8, 4) is 11.5 Å². The summed E-state index contributed by atoms with van der Waals surface area (Å²) < 4.78 is 14.0. The molecule has 0 saturated heterocycles. The largest absolute Gasteiger partial charge is 0.454 e. The highest BCUT2D eigenvalue weighted by Gasteiger charge is 2.20. The van der Waals surface area contributed by atoms with E-state index in [2.05, 4.69) is 69.3 Å². The molecule has 0 radical (unpaired) electrons. The fourth-order valence-corrected chi connectivity index (χ4v) is 3.14. The van der Waals surface area contributed by atoms with Crippen LogP contribution in [-0.2, 0) is 6.54 Å². The molecule has 2 heterocycles. The molecule has 0 bridgehead atoms. The van der Waals surface area contributed by atoms with Gasteiger partial charge in [0, 0.05) is 17.0 Å². The van der Waals surface area contributed by atoms with Gasteiger partial charge in [-0.2, -0.15) is 0 Å². The Bertz CT molecular complexity index is 832. The van der Waals surface area contributed by atoms with Gasteiger partial charge in [-0.25, -0.2) is 4.57 Å². The molecule has 104 valence electrons. The van der Waals surface area contributed by atoms with Crippen molar-refractivity contribution in [1.29, 1.82) is 0 Å². The normalized spacial score (nSPS) is 12.8. The van der Waals surface area contributed by atoms with Crippen LogP contribution in [0.15, 0.2) is 59.3 Å². The molecule has 0 N–H and O–H groups in total. The first kappa shape index (κ1) is 12.7. The topological polar surface area (TPSA) is 22.3 Å². The van der Waals surface area contributed by atoms with E-state index in [9.17, 15) is 0 Å². The Balaban J connectivity index is 1.71. The highest BCUT2D eigenvalue weighted by atomic mass is 79.9. The van der Waals surface area contributed by atoms with Crippen molar-refractivity contribution in [3.05, 3.63) is 64.9 Å². The quantitative estimate of drug-likeness (QED) is 0.663. The number of hydrogen-bond donors (Lipinski definition) is 0. The van der Waals surface area contributed by atoms with E-state index in [-0.39, 0.29) is 0 Å². The van der Waals surface area contributed by atoms with Crippen molar-refractivity contribution in [1.82, 2.24) is 0 Å². The van der Waals surface area contributed by atoms with Crippen LogP contribution in [0.4, 0.5) is 0 Å². The van der Waals surface area contributed by atoms with Crippen LogP contribution in [0.2, 0.25) is 0 Å². The van der Waals surface area contributed by atoms with E-state index in [1.54, 1.807) is 0 Å². The van der Waals surface area contributed by atoms with E-state index in [4.69, 9.17) is 9.47 Å². The molecule has 21 heavy (non-hydrogen) atoms. The first-order valence-corrected chi connectivity index (χ1v) is 7.55. The molecule has 4 rings (SSSR count). The lowest BCUT2D eigenvalue weighted by atomic mass is 10.1. The van der Waals surface area contributed by atoms with Crippen LogP contribution in [0.5, 0.6) is 11.5 Å². The van der Waals surface area contributed by atoms with Gasteiger partial charge < -0.3 is 9.47 Å². The first-order chi connectivity index (χ1) is 10.3. The summed E-state index contributed by atoms with van der Waals surface area (Å²) in [6, 6.07) is 14.5. The summed E-state index contributed by atoms with van der Waals surface area (Å²) in [7, 11) is 0. The molecule has 2 aromatic carbocycles. The fraction of sp³-hybridized carbons (Fsp3) is 0.118. The van der Waals surface area contributed by atoms with Crippen molar-refractivity contribution < 1.29 is 14.0 Å². The minimum atomic E-state index is 0.292. The number of halogens is 1. The van der Waals surface area contributed by atoms with Crippen molar-refractivity contribution in [3.63, 3.8) is 0 Å². The molecule has 3 aromatic rings. The van der Waals surface area contributed by atoms with Gasteiger partial charge in [0.1, 0.15) is 0 Å². The van der Waals surface area contributed by atoms with Gasteiger partial charge in [-0.3, -0.25) is 0 Å². The zero-order chi connectivity index (χ0) is 14.2. The number of benzene rings is 2. The maximum atomic E-state index is 5.50. The smallest absolute Gasteiger partial charge is 0.231 e. The summed E-state index contributed by atoms with van der Waals surface area (Å²) >= 11 is 3.62. The van der Waals surface area contributed by atoms with E-state index >= 15 is 0 Å². The van der Waals surface area contributed by atoms with Crippen LogP contribution in [0.25, 0.3) is 10.8 Å². The maximum Gasteiger partial charge on any atom is 0.231 e. The second-order valence-corrected chi connectivity index (χ2v) is 5.81. The summed E-state index contributed by atoms with van der Waals surface area (Å²) in [5.41, 5.74) is 1.17. The SMILES string of the molecule is Brc1c(C[n+]2ccc3ccccc3c2)ccc2c1OCO2. The van der Waals surface area contributed by atoms with E-state index < -0.39 is 0 Å². The monoisotopic (exact) mass is 342 g/mol. The van der Waals surface area contributed by atoms with Crippen molar-refractivity contribution in [2.24, 2.45) is 0 Å². The van der Waals surface area contributed by atoms with Gasteiger partial charge in [0.25, 0.3) is 0 Å². The van der Waals surface area contributed by atoms with Crippen molar-refractivity contribution >= 4 is 26.7 Å². The average molecular weight is 343 g/mol. The van der Waals surface area contributed by atoms with Crippen LogP contribution >= 0.6 is 15.9 Å². The molecule has 0 aliphatic carbocycles. The van der Waals surface area contributed by atoms with E-state index in [0.29, 0.717) is 6.79 Å². The summed E-state index contributed by atoms with van der Waals surface area (Å²) in [5.74, 6) is 1.60. The highest BCUT2D eigenvalue weighted by Crippen LogP contribution is 2.40. The number of ether oxygens (including phenoxy) is 2. The highest BCUT2D eigenvalue weighted by molar-refractivity contribution is 9.10. The number of hydrogen-bond acceptors (Lipinski definition) is 2. The molecule has 3 nitrogen and oxygen atoms in total. The van der Waals surface area contributed by atoms with Crippen LogP contribution < -0.4 is 14.0 Å². The second-order valence-electron chi connectivity index (χ2n) is 5.02. The zero-order valence-corrected chi connectivity index (χ0v) is 12.8. The average Bonchev–Trinajstić information content (AvgIpc) is 2.99. The third kappa shape index (κ3) is 2.25. The first-order valence-electron chi connectivity index (χ1n) is 6.76. The lowest BCUT2D eigenvalue weighted by Crippen LogP contribution is -2.33. The number of rotatable bonds is 2. The molecule has 1 aliphatic heterocycles. The van der Waals surface area contributed by atoms with Crippen LogP contribution in [0.1, 0.15) is 5.56 Å². The van der Waals surface area contributed by atoms with Gasteiger partial charge >= 0.3 is 0 Å². The van der Waals surface area contributed by atoms with E-state index in [1.165, 1.54) is 16.3 Å². The van der Waals surface area contributed by atoms with Gasteiger partial charge in [-0.1, -0.05) is 18.2 Å². The predicted molar refractivity (Wildman–Crippen MR) is 83.5 cm³/mol. The molecular weight excluding hydrogens is 330 g/mol. The van der Waals surface area contributed by atoms with Gasteiger partial charge in [0.05, 0.1) is 4.47 Å². The number of pyridine rings is 1. The minimum absolute atomic E-state index is 0.292. The molecule has 0 unspecified atom stereocenters. The summed E-state index contributed by atoms with van der Waals surface area (Å²) in [4.78, 5) is 0. The van der Waals surface area contributed by atoms with Crippen LogP contribution in [0, 0.1) is 0 Å². The van der Waals surface area contributed by atoms with Crippen molar-refractivity contribution in [2.75, 3.05) is 6.79 Å². The lowest BCUT2D eigenvalue weighted by molar-refractivity contribution is -0.687. The molecule has 0 saturated carbocycles. The third-order valence-electron chi connectivity index (χ3n) is 3.66. The van der Waals surface area contributed by atoms with Crippen LogP contribution in [0.3, 0.4) is 0 Å². The number of aromatic nitrogens is 1. The Morgan fingerprint density at radius 1 is 1.00 bits per heavy atom. The Labute approximate surface area is 130 Å². The van der Waals surface area contributed by atoms with Gasteiger partial charge in [-0.15, -0.1) is 0 Å².